The van der Waals surface area contributed by atoms with Gasteiger partial charge in [0.1, 0.15) is 12.2 Å². The summed E-state index contributed by atoms with van der Waals surface area (Å²) in [4.78, 5) is 0. The van der Waals surface area contributed by atoms with Gasteiger partial charge in [0.05, 0.1) is 6.61 Å². The summed E-state index contributed by atoms with van der Waals surface area (Å²) in [5.74, 6) is -1.20. The molecule has 0 spiro atoms. The van der Waals surface area contributed by atoms with E-state index in [-0.39, 0.29) is 0 Å². The van der Waals surface area contributed by atoms with Gasteiger partial charge in [0.2, 0.25) is 6.29 Å². The minimum absolute atomic E-state index is 0.474. The molecule has 0 aromatic rings. The maximum Gasteiger partial charge on any atom is 0.220 e. The van der Waals surface area contributed by atoms with Gasteiger partial charge < -0.3 is 29.9 Å². The maximum atomic E-state index is 9.21. The molecule has 4 N–H and O–H groups in total. The average Bonchev–Trinajstić information content (AvgIpc) is 2.15. The van der Waals surface area contributed by atoms with Crippen molar-refractivity contribution in [2.45, 2.75) is 18.5 Å². The molecular weight excluding hydrogens is 180 g/mol. The second-order valence-electron chi connectivity index (χ2n) is 2.64. The molecule has 6 heteroatoms. The molecule has 13 heavy (non-hydrogen) atoms. The van der Waals surface area contributed by atoms with E-state index >= 15 is 0 Å². The third-order valence-electron chi connectivity index (χ3n) is 1.81. The fourth-order valence-electron chi connectivity index (χ4n) is 1.06. The molecule has 0 bridgehead atoms. The van der Waals surface area contributed by atoms with Crippen LogP contribution in [-0.4, -0.2) is 52.6 Å². The highest BCUT2D eigenvalue weighted by Gasteiger charge is 2.37. The van der Waals surface area contributed by atoms with Gasteiger partial charge in [-0.2, -0.15) is 0 Å². The van der Waals surface area contributed by atoms with Crippen LogP contribution in [0.25, 0.3) is 0 Å². The number of aliphatic hydroxyl groups is 4. The van der Waals surface area contributed by atoms with Crippen LogP contribution >= 0.6 is 0 Å². The lowest BCUT2D eigenvalue weighted by Gasteiger charge is -2.30. The summed E-state index contributed by atoms with van der Waals surface area (Å²) in [6, 6.07) is 0. The molecule has 0 aliphatic carbocycles. The molecule has 1 aliphatic rings. The number of hydrogen-bond acceptors (Lipinski definition) is 6. The Bertz CT molecular complexity index is 213. The monoisotopic (exact) mass is 192 g/mol. The Labute approximate surface area is 74.6 Å². The zero-order valence-corrected chi connectivity index (χ0v) is 7.04. The van der Waals surface area contributed by atoms with Crippen molar-refractivity contribution in [3.8, 4) is 0 Å². The number of aliphatic hydroxyl groups excluding tert-OH is 4. The van der Waals surface area contributed by atoms with E-state index < -0.39 is 36.6 Å². The second-order valence-corrected chi connectivity index (χ2v) is 2.64. The van der Waals surface area contributed by atoms with Crippen LogP contribution in [0.3, 0.4) is 0 Å². The standard InChI is InChI=1S/C7H12O6/c1-12-7-6(11)5(10)4(9)3(2-8)13-7/h3-4,7-11H,2H2,1H3/t3?,4-,7+/m1/s1. The molecule has 0 fully saturated rings. The Morgan fingerprint density at radius 2 is 2.00 bits per heavy atom. The largest absolute Gasteiger partial charge is 0.506 e. The van der Waals surface area contributed by atoms with Gasteiger partial charge in [-0.05, 0) is 0 Å². The van der Waals surface area contributed by atoms with E-state index in [1.807, 2.05) is 0 Å². The first-order valence-corrected chi connectivity index (χ1v) is 3.71. The minimum atomic E-state index is -1.42. The summed E-state index contributed by atoms with van der Waals surface area (Å²) in [7, 11) is 1.26. The highest BCUT2D eigenvalue weighted by Crippen LogP contribution is 2.23. The molecule has 6 nitrogen and oxygen atoms in total. The Kier molecular flexibility index (Phi) is 3.10. The molecule has 1 rings (SSSR count). The minimum Gasteiger partial charge on any atom is -0.506 e. The Balaban J connectivity index is 2.86. The predicted molar refractivity (Wildman–Crippen MR) is 41.0 cm³/mol. The van der Waals surface area contributed by atoms with Crippen LogP contribution in [0.1, 0.15) is 0 Å². The van der Waals surface area contributed by atoms with Gasteiger partial charge in [-0.3, -0.25) is 0 Å². The van der Waals surface area contributed by atoms with E-state index in [2.05, 4.69) is 4.74 Å². The van der Waals surface area contributed by atoms with Crippen molar-refractivity contribution in [3.05, 3.63) is 11.5 Å². The summed E-state index contributed by atoms with van der Waals surface area (Å²) >= 11 is 0. The maximum absolute atomic E-state index is 9.21. The molecule has 0 radical (unpaired) electrons. The summed E-state index contributed by atoms with van der Waals surface area (Å²) in [5.41, 5.74) is 0. The van der Waals surface area contributed by atoms with Gasteiger partial charge >= 0.3 is 0 Å². The summed E-state index contributed by atoms with van der Waals surface area (Å²) in [6.45, 7) is -0.474. The SMILES string of the molecule is CO[C@H]1OC(CO)[C@@H](O)C(O)=C1O. The smallest absolute Gasteiger partial charge is 0.220 e. The van der Waals surface area contributed by atoms with Crippen LogP contribution in [0, 0.1) is 0 Å². The number of rotatable bonds is 2. The molecule has 1 aliphatic heterocycles. The average molecular weight is 192 g/mol. The van der Waals surface area contributed by atoms with Crippen molar-refractivity contribution in [2.24, 2.45) is 0 Å². The van der Waals surface area contributed by atoms with Gasteiger partial charge in [-0.25, -0.2) is 0 Å². The van der Waals surface area contributed by atoms with E-state index in [0.717, 1.165) is 0 Å². The lowest BCUT2D eigenvalue weighted by Crippen LogP contribution is -2.43. The molecule has 0 amide bonds. The fraction of sp³-hybridized carbons (Fsp3) is 0.714. The normalized spacial score (nSPS) is 35.2. The topological polar surface area (TPSA) is 99.4 Å². The second kappa shape index (κ2) is 3.93. The summed E-state index contributed by atoms with van der Waals surface area (Å²) < 4.78 is 9.53. The van der Waals surface area contributed by atoms with E-state index in [0.29, 0.717) is 0 Å². The van der Waals surface area contributed by atoms with E-state index in [9.17, 15) is 5.11 Å². The highest BCUT2D eigenvalue weighted by atomic mass is 16.7. The highest BCUT2D eigenvalue weighted by molar-refractivity contribution is 5.12. The van der Waals surface area contributed by atoms with Crippen molar-refractivity contribution < 1.29 is 29.9 Å². The van der Waals surface area contributed by atoms with E-state index in [1.165, 1.54) is 7.11 Å². The quantitative estimate of drug-likeness (QED) is 0.449. The third-order valence-corrected chi connectivity index (χ3v) is 1.81. The molecular formula is C7H12O6. The Morgan fingerprint density at radius 1 is 1.38 bits per heavy atom. The van der Waals surface area contributed by atoms with Crippen LogP contribution < -0.4 is 0 Å². The molecule has 76 valence electrons. The van der Waals surface area contributed by atoms with Gasteiger partial charge in [-0.15, -0.1) is 0 Å². The molecule has 0 aromatic carbocycles. The van der Waals surface area contributed by atoms with Crippen molar-refractivity contribution in [1.29, 1.82) is 0 Å². The van der Waals surface area contributed by atoms with Crippen LogP contribution in [0.4, 0.5) is 0 Å². The molecule has 3 atom stereocenters. The number of hydrogen-bond donors (Lipinski definition) is 4. The summed E-state index contributed by atoms with van der Waals surface area (Å²) in [6.07, 6.45) is -3.54. The molecule has 0 saturated heterocycles. The van der Waals surface area contributed by atoms with Gasteiger partial charge in [0.25, 0.3) is 0 Å². The van der Waals surface area contributed by atoms with Crippen molar-refractivity contribution in [2.75, 3.05) is 13.7 Å². The first-order chi connectivity index (χ1) is 6.11. The van der Waals surface area contributed by atoms with Crippen molar-refractivity contribution in [1.82, 2.24) is 0 Å². The lowest BCUT2D eigenvalue weighted by atomic mass is 10.1. The van der Waals surface area contributed by atoms with Crippen molar-refractivity contribution in [3.63, 3.8) is 0 Å². The fourth-order valence-corrected chi connectivity index (χ4v) is 1.06. The van der Waals surface area contributed by atoms with Crippen LogP contribution in [0.15, 0.2) is 11.5 Å². The Morgan fingerprint density at radius 3 is 2.46 bits per heavy atom. The van der Waals surface area contributed by atoms with Gasteiger partial charge in [0.15, 0.2) is 11.5 Å². The molecule has 0 saturated carbocycles. The first kappa shape index (κ1) is 10.3. The first-order valence-electron chi connectivity index (χ1n) is 3.71. The van der Waals surface area contributed by atoms with E-state index in [1.54, 1.807) is 0 Å². The van der Waals surface area contributed by atoms with Gasteiger partial charge in [-0.1, -0.05) is 0 Å². The van der Waals surface area contributed by atoms with Crippen LogP contribution in [-0.2, 0) is 9.47 Å². The third kappa shape index (κ3) is 1.75. The zero-order valence-electron chi connectivity index (χ0n) is 7.04. The van der Waals surface area contributed by atoms with Crippen molar-refractivity contribution >= 4 is 0 Å². The molecule has 1 heterocycles. The van der Waals surface area contributed by atoms with Crippen LogP contribution in [0.5, 0.6) is 0 Å². The zero-order chi connectivity index (χ0) is 10.0. The Hall–Kier alpha value is -0.820. The number of ether oxygens (including phenoxy) is 2. The number of methoxy groups -OCH3 is 1. The van der Waals surface area contributed by atoms with E-state index in [4.69, 9.17) is 20.1 Å². The van der Waals surface area contributed by atoms with Crippen LogP contribution in [0.2, 0.25) is 0 Å². The molecule has 1 unspecified atom stereocenters. The lowest BCUT2D eigenvalue weighted by molar-refractivity contribution is -0.200. The summed E-state index contributed by atoms with van der Waals surface area (Å²) in [5, 5.41) is 36.3. The van der Waals surface area contributed by atoms with Gasteiger partial charge in [0, 0.05) is 7.11 Å². The molecule has 0 aromatic heterocycles. The predicted octanol–water partition coefficient (Wildman–Crippen LogP) is -0.962.